The lowest BCUT2D eigenvalue weighted by atomic mass is 10.1. The Morgan fingerprint density at radius 3 is 2.50 bits per heavy atom. The number of rotatable bonds is 7. The minimum atomic E-state index is -0.435. The molecule has 3 aromatic carbocycles. The molecule has 0 spiro atoms. The molecule has 0 bridgehead atoms. The molecule has 4 aromatic rings. The Morgan fingerprint density at radius 2 is 1.73 bits per heavy atom. The first-order chi connectivity index (χ1) is 14.6. The van der Waals surface area contributed by atoms with Gasteiger partial charge in [-0.2, -0.15) is 0 Å². The fraction of sp³-hybridized carbons (Fsp3) is 0.0909. The highest BCUT2D eigenvalue weighted by Gasteiger charge is 2.17. The van der Waals surface area contributed by atoms with E-state index >= 15 is 0 Å². The van der Waals surface area contributed by atoms with E-state index < -0.39 is 4.92 Å². The van der Waals surface area contributed by atoms with Gasteiger partial charge in [-0.25, -0.2) is 4.39 Å². The summed E-state index contributed by atoms with van der Waals surface area (Å²) in [6, 6.07) is 22.7. The minimum Gasteiger partial charge on any atom is -0.298 e. The Morgan fingerprint density at radius 1 is 0.967 bits per heavy atom. The van der Waals surface area contributed by atoms with Crippen LogP contribution in [0.15, 0.2) is 84.0 Å². The molecule has 0 aliphatic heterocycles. The van der Waals surface area contributed by atoms with Crippen LogP contribution in [0.25, 0.3) is 11.4 Å². The summed E-state index contributed by atoms with van der Waals surface area (Å²) in [5.74, 6) is 0.658. The van der Waals surface area contributed by atoms with Crippen molar-refractivity contribution < 1.29 is 9.31 Å². The molecule has 0 aliphatic rings. The summed E-state index contributed by atoms with van der Waals surface area (Å²) in [7, 11) is 0. The summed E-state index contributed by atoms with van der Waals surface area (Å²) in [4.78, 5) is 10.7. The SMILES string of the molecule is O=[N+]([O-])c1cccc(-c2nnc(SCc3ccccc3F)n2Cc2ccccc2)c1. The van der Waals surface area contributed by atoms with Crippen LogP contribution in [0, 0.1) is 15.9 Å². The Hall–Kier alpha value is -3.52. The standard InChI is InChI=1S/C22H17FN4O2S/c23-20-12-5-4-9-18(20)15-30-22-25-24-21(17-10-6-11-19(13-17)27(28)29)26(22)14-16-7-2-1-3-8-16/h1-13H,14-15H2. The molecule has 6 nitrogen and oxygen atoms in total. The second-order valence-electron chi connectivity index (χ2n) is 6.57. The van der Waals surface area contributed by atoms with E-state index in [1.165, 1.54) is 30.0 Å². The lowest BCUT2D eigenvalue weighted by Gasteiger charge is -2.11. The Balaban J connectivity index is 1.70. The number of non-ortho nitro benzene ring substituents is 1. The predicted molar refractivity (Wildman–Crippen MR) is 114 cm³/mol. The van der Waals surface area contributed by atoms with Crippen LogP contribution in [0.3, 0.4) is 0 Å². The van der Waals surface area contributed by atoms with E-state index in [2.05, 4.69) is 10.2 Å². The zero-order valence-electron chi connectivity index (χ0n) is 15.8. The van der Waals surface area contributed by atoms with Crippen LogP contribution in [0.1, 0.15) is 11.1 Å². The van der Waals surface area contributed by atoms with Crippen molar-refractivity contribution in [2.45, 2.75) is 17.5 Å². The van der Waals surface area contributed by atoms with Crippen molar-refractivity contribution in [2.24, 2.45) is 0 Å². The van der Waals surface area contributed by atoms with Gasteiger partial charge in [0, 0.05) is 23.4 Å². The van der Waals surface area contributed by atoms with Gasteiger partial charge >= 0.3 is 0 Å². The number of hydrogen-bond donors (Lipinski definition) is 0. The van der Waals surface area contributed by atoms with Gasteiger partial charge in [-0.15, -0.1) is 10.2 Å². The van der Waals surface area contributed by atoms with Crippen molar-refractivity contribution >= 4 is 17.4 Å². The number of aromatic nitrogens is 3. The van der Waals surface area contributed by atoms with Gasteiger partial charge in [0.25, 0.3) is 5.69 Å². The molecule has 0 atom stereocenters. The highest BCUT2D eigenvalue weighted by molar-refractivity contribution is 7.98. The third-order valence-electron chi connectivity index (χ3n) is 4.53. The largest absolute Gasteiger partial charge is 0.298 e. The van der Waals surface area contributed by atoms with Gasteiger partial charge in [-0.05, 0) is 17.2 Å². The second kappa shape index (κ2) is 8.87. The number of hydrogen-bond acceptors (Lipinski definition) is 5. The molecule has 0 saturated carbocycles. The van der Waals surface area contributed by atoms with E-state index in [1.54, 1.807) is 30.3 Å². The molecule has 8 heteroatoms. The summed E-state index contributed by atoms with van der Waals surface area (Å²) >= 11 is 1.38. The Bertz CT molecular complexity index is 1180. The maximum atomic E-state index is 14.0. The van der Waals surface area contributed by atoms with Crippen LogP contribution < -0.4 is 0 Å². The fourth-order valence-corrected chi connectivity index (χ4v) is 3.96. The van der Waals surface area contributed by atoms with Gasteiger partial charge in [0.1, 0.15) is 5.82 Å². The average Bonchev–Trinajstić information content (AvgIpc) is 3.16. The molecule has 4 rings (SSSR count). The van der Waals surface area contributed by atoms with Gasteiger partial charge in [0.15, 0.2) is 11.0 Å². The van der Waals surface area contributed by atoms with Crippen molar-refractivity contribution in [3.63, 3.8) is 0 Å². The topological polar surface area (TPSA) is 73.8 Å². The highest BCUT2D eigenvalue weighted by atomic mass is 32.2. The quantitative estimate of drug-likeness (QED) is 0.229. The van der Waals surface area contributed by atoms with E-state index in [-0.39, 0.29) is 11.5 Å². The summed E-state index contributed by atoms with van der Waals surface area (Å²) in [5.41, 5.74) is 2.21. The smallest absolute Gasteiger partial charge is 0.270 e. The number of thioether (sulfide) groups is 1. The monoisotopic (exact) mass is 420 g/mol. The average molecular weight is 420 g/mol. The van der Waals surface area contributed by atoms with Crippen LogP contribution in [0.2, 0.25) is 0 Å². The maximum absolute atomic E-state index is 14.0. The number of nitrogens with zero attached hydrogens (tertiary/aromatic N) is 4. The van der Waals surface area contributed by atoms with Gasteiger partial charge < -0.3 is 0 Å². The van der Waals surface area contributed by atoms with Gasteiger partial charge in [-0.1, -0.05) is 72.4 Å². The molecule has 1 heterocycles. The van der Waals surface area contributed by atoms with E-state index in [0.29, 0.717) is 34.4 Å². The second-order valence-corrected chi connectivity index (χ2v) is 7.51. The fourth-order valence-electron chi connectivity index (χ4n) is 3.03. The molecule has 1 aromatic heterocycles. The van der Waals surface area contributed by atoms with Crippen LogP contribution in [-0.2, 0) is 12.3 Å². The molecule has 0 amide bonds. The normalized spacial score (nSPS) is 10.8. The van der Waals surface area contributed by atoms with Crippen LogP contribution >= 0.6 is 11.8 Å². The van der Waals surface area contributed by atoms with Gasteiger partial charge in [0.2, 0.25) is 0 Å². The first kappa shape index (κ1) is 19.8. The van der Waals surface area contributed by atoms with E-state index in [1.807, 2.05) is 34.9 Å². The number of benzene rings is 3. The van der Waals surface area contributed by atoms with Crippen molar-refractivity contribution in [1.82, 2.24) is 14.8 Å². The molecular weight excluding hydrogens is 403 g/mol. The third-order valence-corrected chi connectivity index (χ3v) is 5.55. The lowest BCUT2D eigenvalue weighted by Crippen LogP contribution is -2.04. The van der Waals surface area contributed by atoms with Crippen LogP contribution in [0.4, 0.5) is 10.1 Å². The van der Waals surface area contributed by atoms with Crippen molar-refractivity contribution in [1.29, 1.82) is 0 Å². The molecular formula is C22H17FN4O2S. The Kier molecular flexibility index (Phi) is 5.85. The number of nitro benzene ring substituents is 1. The molecule has 30 heavy (non-hydrogen) atoms. The molecule has 150 valence electrons. The Labute approximate surface area is 176 Å². The highest BCUT2D eigenvalue weighted by Crippen LogP contribution is 2.29. The molecule has 0 unspecified atom stereocenters. The maximum Gasteiger partial charge on any atom is 0.270 e. The zero-order chi connectivity index (χ0) is 20.9. The molecule has 0 N–H and O–H groups in total. The predicted octanol–water partition coefficient (Wildman–Crippen LogP) is 5.33. The van der Waals surface area contributed by atoms with E-state index in [0.717, 1.165) is 5.56 Å². The number of halogens is 1. The molecule has 0 radical (unpaired) electrons. The molecule has 0 aliphatic carbocycles. The van der Waals surface area contributed by atoms with Crippen molar-refractivity contribution in [3.8, 4) is 11.4 Å². The lowest BCUT2D eigenvalue weighted by molar-refractivity contribution is -0.384. The van der Waals surface area contributed by atoms with Crippen molar-refractivity contribution in [2.75, 3.05) is 0 Å². The molecule has 0 saturated heterocycles. The summed E-state index contributed by atoms with van der Waals surface area (Å²) in [6.45, 7) is 0.492. The van der Waals surface area contributed by atoms with Gasteiger partial charge in [0.05, 0.1) is 11.5 Å². The van der Waals surface area contributed by atoms with Crippen LogP contribution in [0.5, 0.6) is 0 Å². The summed E-state index contributed by atoms with van der Waals surface area (Å²) in [5, 5.41) is 20.4. The summed E-state index contributed by atoms with van der Waals surface area (Å²) in [6.07, 6.45) is 0. The zero-order valence-corrected chi connectivity index (χ0v) is 16.6. The first-order valence-electron chi connectivity index (χ1n) is 9.20. The minimum absolute atomic E-state index is 0.0117. The molecule has 0 fully saturated rings. The first-order valence-corrected chi connectivity index (χ1v) is 10.2. The van der Waals surface area contributed by atoms with E-state index in [9.17, 15) is 14.5 Å². The third kappa shape index (κ3) is 4.38. The number of nitro groups is 1. The van der Waals surface area contributed by atoms with E-state index in [4.69, 9.17) is 0 Å². The van der Waals surface area contributed by atoms with Gasteiger partial charge in [-0.3, -0.25) is 14.7 Å². The van der Waals surface area contributed by atoms with Crippen molar-refractivity contribution in [3.05, 3.63) is 106 Å². The van der Waals surface area contributed by atoms with Crippen LogP contribution in [-0.4, -0.2) is 19.7 Å². The summed E-state index contributed by atoms with van der Waals surface area (Å²) < 4.78 is 15.9.